The molecule has 8 heteroatoms. The van der Waals surface area contributed by atoms with Crippen molar-refractivity contribution in [3.8, 4) is 23.0 Å². The summed E-state index contributed by atoms with van der Waals surface area (Å²) in [6.07, 6.45) is 0. The predicted octanol–water partition coefficient (Wildman–Crippen LogP) is 6.64. The number of hydrogen-bond donors (Lipinski definition) is 0. The maximum atomic E-state index is 16.2. The largest absolute Gasteiger partial charge is 0.454 e. The highest BCUT2D eigenvalue weighted by Gasteiger charge is 2.82. The molecule has 1 saturated heterocycles. The van der Waals surface area contributed by atoms with Crippen LogP contribution in [0.2, 0.25) is 0 Å². The highest BCUT2D eigenvalue weighted by molar-refractivity contribution is 6.39. The Bertz CT molecular complexity index is 2190. The Balaban J connectivity index is 1.37. The first-order valence-electron chi connectivity index (χ1n) is 16.6. The van der Waals surface area contributed by atoms with Gasteiger partial charge in [-0.25, -0.2) is 4.90 Å². The highest BCUT2D eigenvalue weighted by Crippen LogP contribution is 2.74. The zero-order chi connectivity index (χ0) is 33.8. The fraction of sp³-hybridized carbons (Fsp3) is 0.167. The van der Waals surface area contributed by atoms with Gasteiger partial charge in [0, 0.05) is 0 Å². The van der Waals surface area contributed by atoms with Crippen molar-refractivity contribution in [3.05, 3.63) is 149 Å². The Morgan fingerprint density at radius 1 is 0.540 bits per heavy atom. The number of Topliss-reactive ketones (excluding diaryl/α,β-unsaturated/α-hetero) is 1. The average molecular weight is 660 g/mol. The smallest absolute Gasteiger partial charge is 0.239 e. The number of rotatable bonds is 5. The Morgan fingerprint density at radius 3 is 1.50 bits per heavy atom. The van der Waals surface area contributed by atoms with Crippen molar-refractivity contribution in [1.29, 1.82) is 0 Å². The fourth-order valence-corrected chi connectivity index (χ4v) is 9.25. The number of imide groups is 1. The Labute approximate surface area is 287 Å². The lowest BCUT2D eigenvalue weighted by atomic mass is 9.59. The molecule has 2 amide bonds. The van der Waals surface area contributed by atoms with Gasteiger partial charge in [0.25, 0.3) is 0 Å². The zero-order valence-electron chi connectivity index (χ0n) is 26.9. The molecule has 2 fully saturated rings. The van der Waals surface area contributed by atoms with Crippen LogP contribution in [0, 0.1) is 18.8 Å². The van der Waals surface area contributed by atoms with Crippen molar-refractivity contribution in [2.45, 2.75) is 17.8 Å². The number of carbonyl (C=O) groups is 3. The molecule has 244 valence electrons. The van der Waals surface area contributed by atoms with Crippen LogP contribution in [-0.2, 0) is 25.2 Å². The quantitative estimate of drug-likeness (QED) is 0.196. The van der Waals surface area contributed by atoms with Crippen LogP contribution in [0.1, 0.15) is 27.8 Å². The number of ketones is 1. The van der Waals surface area contributed by atoms with Gasteiger partial charge in [0.15, 0.2) is 28.8 Å². The molecule has 10 rings (SSSR count). The van der Waals surface area contributed by atoms with Crippen molar-refractivity contribution in [1.82, 2.24) is 0 Å². The standard InChI is InChI=1S/C42H29NO7/c1-24-9-8-14-29(19-24)43-38(44)36-37(39(43)45)42(28-12-6-3-7-13-28)35(26-16-18-31-33(21-26)50-23-48-31)34(25-15-17-30-32(20-25)49-22-47-30)41(36,40(42)46)27-10-4-2-5-11-27/h2-21,36-37H,22-23H2,1H3/t36-,37-,41-,42-/m0/s1. The van der Waals surface area contributed by atoms with Crippen molar-refractivity contribution < 1.29 is 33.3 Å². The third-order valence-corrected chi connectivity index (χ3v) is 11.0. The second kappa shape index (κ2) is 10.2. The summed E-state index contributed by atoms with van der Waals surface area (Å²) in [7, 11) is 0. The minimum absolute atomic E-state index is 0.0761. The third kappa shape index (κ3) is 3.47. The maximum Gasteiger partial charge on any atom is 0.239 e. The lowest BCUT2D eigenvalue weighted by Gasteiger charge is -2.39. The van der Waals surface area contributed by atoms with Gasteiger partial charge in [0.2, 0.25) is 25.4 Å². The maximum absolute atomic E-state index is 16.2. The van der Waals surface area contributed by atoms with Crippen LogP contribution in [0.25, 0.3) is 11.1 Å². The minimum atomic E-state index is -1.55. The number of allylic oxidation sites excluding steroid dienone is 2. The number of carbonyl (C=O) groups excluding carboxylic acids is 3. The molecule has 0 radical (unpaired) electrons. The van der Waals surface area contributed by atoms with Crippen molar-refractivity contribution in [2.75, 3.05) is 18.5 Å². The molecule has 4 atom stereocenters. The first kappa shape index (κ1) is 28.8. The summed E-state index contributed by atoms with van der Waals surface area (Å²) in [6.45, 7) is 2.08. The number of ether oxygens (including phenoxy) is 4. The lowest BCUT2D eigenvalue weighted by Crippen LogP contribution is -2.45. The molecule has 2 bridgehead atoms. The number of fused-ring (bicyclic) bond motifs is 7. The second-order valence-corrected chi connectivity index (χ2v) is 13.4. The number of hydrogen-bond acceptors (Lipinski definition) is 7. The normalized spacial score (nSPS) is 25.5. The van der Waals surface area contributed by atoms with Gasteiger partial charge in [0.1, 0.15) is 0 Å². The lowest BCUT2D eigenvalue weighted by molar-refractivity contribution is -0.130. The molecule has 0 aromatic heterocycles. The van der Waals surface area contributed by atoms with E-state index in [-0.39, 0.29) is 19.4 Å². The second-order valence-electron chi connectivity index (χ2n) is 13.4. The van der Waals surface area contributed by atoms with Gasteiger partial charge in [-0.15, -0.1) is 0 Å². The van der Waals surface area contributed by atoms with Crippen molar-refractivity contribution in [2.24, 2.45) is 11.8 Å². The molecule has 1 saturated carbocycles. The third-order valence-electron chi connectivity index (χ3n) is 11.0. The van der Waals surface area contributed by atoms with Crippen LogP contribution >= 0.6 is 0 Å². The minimum Gasteiger partial charge on any atom is -0.454 e. The molecule has 3 heterocycles. The summed E-state index contributed by atoms with van der Waals surface area (Å²) >= 11 is 0. The van der Waals surface area contributed by atoms with E-state index in [0.717, 1.165) is 5.56 Å². The van der Waals surface area contributed by atoms with Gasteiger partial charge < -0.3 is 18.9 Å². The number of aryl methyl sites for hydroxylation is 1. The number of anilines is 1. The van der Waals surface area contributed by atoms with Gasteiger partial charge in [-0.3, -0.25) is 14.4 Å². The Hall–Kier alpha value is -6.15. The van der Waals surface area contributed by atoms with E-state index in [9.17, 15) is 0 Å². The predicted molar refractivity (Wildman–Crippen MR) is 184 cm³/mol. The summed E-state index contributed by atoms with van der Waals surface area (Å²) in [5.74, 6) is -0.813. The van der Waals surface area contributed by atoms with Gasteiger partial charge >= 0.3 is 0 Å². The Kier molecular flexibility index (Phi) is 5.87. The molecule has 50 heavy (non-hydrogen) atoms. The van der Waals surface area contributed by atoms with E-state index in [1.54, 1.807) is 6.07 Å². The van der Waals surface area contributed by atoms with E-state index in [1.807, 2.05) is 122 Å². The molecule has 5 aromatic rings. The number of benzene rings is 5. The first-order chi connectivity index (χ1) is 24.5. The fourth-order valence-electron chi connectivity index (χ4n) is 9.25. The zero-order valence-corrected chi connectivity index (χ0v) is 26.9. The van der Waals surface area contributed by atoms with Crippen LogP contribution in [0.3, 0.4) is 0 Å². The molecule has 2 aliphatic carbocycles. The van der Waals surface area contributed by atoms with E-state index in [1.165, 1.54) is 4.90 Å². The van der Waals surface area contributed by atoms with E-state index in [4.69, 9.17) is 18.9 Å². The number of amides is 2. The van der Waals surface area contributed by atoms with Crippen LogP contribution in [0.15, 0.2) is 121 Å². The first-order valence-corrected chi connectivity index (χ1v) is 16.6. The average Bonchev–Trinajstić information content (AvgIpc) is 3.95. The Morgan fingerprint density at radius 2 is 1.02 bits per heavy atom. The van der Waals surface area contributed by atoms with E-state index < -0.39 is 34.5 Å². The van der Waals surface area contributed by atoms with E-state index in [0.29, 0.717) is 62.1 Å². The summed E-state index contributed by atoms with van der Waals surface area (Å²) in [5.41, 5.74) is 2.30. The van der Waals surface area contributed by atoms with Crippen molar-refractivity contribution in [3.63, 3.8) is 0 Å². The van der Waals surface area contributed by atoms with Crippen molar-refractivity contribution >= 4 is 34.4 Å². The van der Waals surface area contributed by atoms with E-state index in [2.05, 4.69) is 0 Å². The van der Waals surface area contributed by atoms with E-state index >= 15 is 14.4 Å². The summed E-state index contributed by atoms with van der Waals surface area (Å²) in [5, 5.41) is 0. The summed E-state index contributed by atoms with van der Waals surface area (Å²) < 4.78 is 23.1. The molecule has 0 N–H and O–H groups in total. The highest BCUT2D eigenvalue weighted by atomic mass is 16.7. The molecular formula is C42H29NO7. The number of nitrogens with zero attached hydrogens (tertiary/aromatic N) is 1. The summed E-state index contributed by atoms with van der Waals surface area (Å²) in [6, 6.07) is 37.6. The molecule has 5 aromatic carbocycles. The molecule has 0 spiro atoms. The van der Waals surface area contributed by atoms with Gasteiger partial charge in [-0.1, -0.05) is 84.9 Å². The molecule has 0 unspecified atom stereocenters. The van der Waals surface area contributed by atoms with Gasteiger partial charge in [-0.05, 0) is 82.3 Å². The topological polar surface area (TPSA) is 91.4 Å². The SMILES string of the molecule is Cc1cccc(N2C(=O)[C@@H]3[C@@H](C2=O)[C@@]2(c4ccccc4)C(=O)[C@@]3(c3ccccc3)C(c3ccc4c(c3)OCO4)=C2c2ccc3c(c2)OCO3)c1. The van der Waals surface area contributed by atoms with Crippen LogP contribution in [-0.4, -0.2) is 31.2 Å². The molecular weight excluding hydrogens is 630 g/mol. The van der Waals surface area contributed by atoms with Gasteiger partial charge in [0.05, 0.1) is 28.4 Å². The molecule has 3 aliphatic heterocycles. The monoisotopic (exact) mass is 659 g/mol. The molecule has 8 nitrogen and oxygen atoms in total. The van der Waals surface area contributed by atoms with Crippen LogP contribution in [0.4, 0.5) is 5.69 Å². The van der Waals surface area contributed by atoms with Crippen LogP contribution < -0.4 is 23.8 Å². The summed E-state index contributed by atoms with van der Waals surface area (Å²) in [4.78, 5) is 47.9. The van der Waals surface area contributed by atoms with Gasteiger partial charge in [-0.2, -0.15) is 0 Å². The van der Waals surface area contributed by atoms with Crippen LogP contribution in [0.5, 0.6) is 23.0 Å². The molecule has 5 aliphatic rings.